The fourth-order valence-corrected chi connectivity index (χ4v) is 2.99. The van der Waals surface area contributed by atoms with Gasteiger partial charge in [0.15, 0.2) is 0 Å². The van der Waals surface area contributed by atoms with Gasteiger partial charge in [0.25, 0.3) is 5.91 Å². The third-order valence-electron chi connectivity index (χ3n) is 4.17. The lowest BCUT2D eigenvalue weighted by molar-refractivity contribution is -0.137. The van der Waals surface area contributed by atoms with Crippen molar-refractivity contribution in [1.29, 1.82) is 0 Å². The van der Waals surface area contributed by atoms with Crippen molar-refractivity contribution in [1.82, 2.24) is 0 Å². The first kappa shape index (κ1) is 20.1. The predicted octanol–water partition coefficient (Wildman–Crippen LogP) is 6.84. The van der Waals surface area contributed by atoms with E-state index in [0.29, 0.717) is 5.56 Å². The van der Waals surface area contributed by atoms with Crippen molar-refractivity contribution in [3.8, 4) is 11.1 Å². The number of benzene rings is 2. The van der Waals surface area contributed by atoms with Gasteiger partial charge < -0.3 is 5.32 Å². The Morgan fingerprint density at radius 3 is 2.32 bits per heavy atom. The minimum atomic E-state index is -4.51. The van der Waals surface area contributed by atoms with Gasteiger partial charge in [0.2, 0.25) is 0 Å². The molecule has 0 atom stereocenters. The van der Waals surface area contributed by atoms with Crippen LogP contribution in [0.3, 0.4) is 0 Å². The quantitative estimate of drug-likeness (QED) is 0.549. The van der Waals surface area contributed by atoms with E-state index >= 15 is 0 Å². The van der Waals surface area contributed by atoms with Crippen molar-refractivity contribution in [3.63, 3.8) is 0 Å². The number of carbonyl (C=O) groups is 1. The highest BCUT2D eigenvalue weighted by Gasteiger charge is 2.31. The number of carbonyl (C=O) groups excluding carboxylic acids is 1. The minimum Gasteiger partial charge on any atom is -0.322 e. The Morgan fingerprint density at radius 2 is 1.71 bits per heavy atom. The van der Waals surface area contributed by atoms with Gasteiger partial charge in [-0.15, -0.1) is 0 Å². The van der Waals surface area contributed by atoms with Gasteiger partial charge in [0.1, 0.15) is 17.2 Å². The fraction of sp³-hybridized carbons (Fsp3) is 0.150. The van der Waals surface area contributed by atoms with Crippen LogP contribution in [0.25, 0.3) is 11.1 Å². The Kier molecular flexibility index (Phi) is 5.56. The summed E-state index contributed by atoms with van der Waals surface area (Å²) in [6.45, 7) is 0. The third kappa shape index (κ3) is 4.25. The van der Waals surface area contributed by atoms with E-state index in [2.05, 4.69) is 5.32 Å². The van der Waals surface area contributed by atoms with Crippen LogP contribution in [0, 0.1) is 0 Å². The van der Waals surface area contributed by atoms with Crippen LogP contribution >= 0.6 is 11.6 Å². The summed E-state index contributed by atoms with van der Waals surface area (Å²) in [6.07, 6.45) is -3.25. The van der Waals surface area contributed by atoms with E-state index in [1.165, 1.54) is 24.3 Å². The van der Waals surface area contributed by atoms with Crippen LogP contribution in [0.15, 0.2) is 65.8 Å². The van der Waals surface area contributed by atoms with Crippen molar-refractivity contribution in [2.75, 3.05) is 5.32 Å². The maximum Gasteiger partial charge on any atom is 0.416 e. The summed E-state index contributed by atoms with van der Waals surface area (Å²) in [5.41, 5.74) is -0.689. The van der Waals surface area contributed by atoms with Gasteiger partial charge in [-0.25, -0.2) is 8.78 Å². The zero-order valence-electron chi connectivity index (χ0n) is 14.2. The number of rotatable bonds is 3. The number of amides is 1. The van der Waals surface area contributed by atoms with Crippen molar-refractivity contribution in [2.45, 2.75) is 19.0 Å². The average Bonchev–Trinajstić information content (AvgIpc) is 2.62. The molecule has 2 aromatic rings. The molecule has 1 aliphatic rings. The van der Waals surface area contributed by atoms with E-state index in [-0.39, 0.29) is 29.1 Å². The molecule has 0 saturated heterocycles. The standard InChI is InChI=1S/C20H13ClF5NO/c21-15-9-6-12(20(24,25)26)10-14(15)11-4-7-13(8-5-11)27-19(28)18-16(22)2-1-3-17(18)23/h2,4-10H,1,3H2,(H,27,28). The minimum absolute atomic E-state index is 0.0524. The summed E-state index contributed by atoms with van der Waals surface area (Å²) in [5.74, 6) is -2.69. The second kappa shape index (κ2) is 7.75. The first-order valence-electron chi connectivity index (χ1n) is 8.20. The van der Waals surface area contributed by atoms with E-state index < -0.39 is 34.9 Å². The lowest BCUT2D eigenvalue weighted by atomic mass is 10.0. The molecular formula is C20H13ClF5NO. The van der Waals surface area contributed by atoms with E-state index in [9.17, 15) is 26.7 Å². The molecule has 0 heterocycles. The summed E-state index contributed by atoms with van der Waals surface area (Å²) in [7, 11) is 0. The van der Waals surface area contributed by atoms with Crippen molar-refractivity contribution in [3.05, 3.63) is 76.4 Å². The maximum absolute atomic E-state index is 13.7. The molecule has 0 spiro atoms. The Morgan fingerprint density at radius 1 is 1.04 bits per heavy atom. The normalized spacial score (nSPS) is 14.7. The summed E-state index contributed by atoms with van der Waals surface area (Å²) < 4.78 is 66.2. The number of hydrogen-bond donors (Lipinski definition) is 1. The van der Waals surface area contributed by atoms with Crippen LogP contribution in [0.1, 0.15) is 18.4 Å². The number of halogens is 6. The highest BCUT2D eigenvalue weighted by Crippen LogP contribution is 2.36. The summed E-state index contributed by atoms with van der Waals surface area (Å²) in [6, 6.07) is 8.69. The highest BCUT2D eigenvalue weighted by atomic mass is 35.5. The SMILES string of the molecule is O=C(Nc1ccc(-c2cc(C(F)(F)F)ccc2Cl)cc1)C1=C(F)CCC=C1F. The Labute approximate surface area is 162 Å². The van der Waals surface area contributed by atoms with E-state index in [0.717, 1.165) is 24.3 Å². The largest absolute Gasteiger partial charge is 0.416 e. The van der Waals surface area contributed by atoms with Crippen LogP contribution in [-0.4, -0.2) is 5.91 Å². The predicted molar refractivity (Wildman–Crippen MR) is 97.1 cm³/mol. The first-order valence-corrected chi connectivity index (χ1v) is 8.58. The molecule has 28 heavy (non-hydrogen) atoms. The molecule has 1 amide bonds. The van der Waals surface area contributed by atoms with Gasteiger partial charge in [-0.1, -0.05) is 23.7 Å². The first-order chi connectivity index (χ1) is 13.2. The van der Waals surface area contributed by atoms with Crippen LogP contribution in [0.2, 0.25) is 5.02 Å². The van der Waals surface area contributed by atoms with Crippen molar-refractivity contribution < 1.29 is 26.7 Å². The molecule has 8 heteroatoms. The molecule has 0 fully saturated rings. The molecule has 1 aliphatic carbocycles. The van der Waals surface area contributed by atoms with Gasteiger partial charge in [-0.3, -0.25) is 4.79 Å². The molecule has 3 rings (SSSR count). The molecule has 2 aromatic carbocycles. The topological polar surface area (TPSA) is 29.1 Å². The highest BCUT2D eigenvalue weighted by molar-refractivity contribution is 6.33. The van der Waals surface area contributed by atoms with E-state index in [1.54, 1.807) is 0 Å². The molecule has 0 unspecified atom stereocenters. The third-order valence-corrected chi connectivity index (χ3v) is 4.50. The number of nitrogens with one attached hydrogen (secondary N) is 1. The lowest BCUT2D eigenvalue weighted by Gasteiger charge is -2.13. The van der Waals surface area contributed by atoms with Crippen LogP contribution in [0.5, 0.6) is 0 Å². The molecule has 0 radical (unpaired) electrons. The Balaban J connectivity index is 1.83. The molecule has 1 N–H and O–H groups in total. The molecule has 0 aromatic heterocycles. The molecule has 0 aliphatic heterocycles. The maximum atomic E-state index is 13.7. The lowest BCUT2D eigenvalue weighted by Crippen LogP contribution is -2.17. The van der Waals surface area contributed by atoms with Crippen LogP contribution < -0.4 is 5.32 Å². The summed E-state index contributed by atoms with van der Waals surface area (Å²) >= 11 is 6.01. The number of hydrogen-bond acceptors (Lipinski definition) is 1. The number of anilines is 1. The van der Waals surface area contributed by atoms with Gasteiger partial charge in [-0.2, -0.15) is 13.2 Å². The second-order valence-corrected chi connectivity index (χ2v) is 6.50. The zero-order valence-corrected chi connectivity index (χ0v) is 15.0. The monoisotopic (exact) mass is 413 g/mol. The molecule has 146 valence electrons. The smallest absolute Gasteiger partial charge is 0.322 e. The second-order valence-electron chi connectivity index (χ2n) is 6.09. The van der Waals surface area contributed by atoms with Crippen molar-refractivity contribution >= 4 is 23.2 Å². The van der Waals surface area contributed by atoms with Crippen LogP contribution in [-0.2, 0) is 11.0 Å². The Hall–Kier alpha value is -2.67. The molecule has 0 saturated carbocycles. The van der Waals surface area contributed by atoms with E-state index in [1.807, 2.05) is 0 Å². The zero-order chi connectivity index (χ0) is 20.5. The van der Waals surface area contributed by atoms with Gasteiger partial charge in [0.05, 0.1) is 5.56 Å². The molecule has 0 bridgehead atoms. The Bertz CT molecular complexity index is 977. The van der Waals surface area contributed by atoms with Gasteiger partial charge in [0, 0.05) is 22.7 Å². The average molecular weight is 414 g/mol. The molecule has 2 nitrogen and oxygen atoms in total. The number of allylic oxidation sites excluding steroid dienone is 2. The summed E-state index contributed by atoms with van der Waals surface area (Å²) in [4.78, 5) is 12.1. The number of alkyl halides is 3. The summed E-state index contributed by atoms with van der Waals surface area (Å²) in [5, 5.41) is 2.50. The molecular weight excluding hydrogens is 401 g/mol. The van der Waals surface area contributed by atoms with Crippen molar-refractivity contribution in [2.24, 2.45) is 0 Å². The van der Waals surface area contributed by atoms with Gasteiger partial charge in [-0.05, 0) is 48.4 Å². The van der Waals surface area contributed by atoms with E-state index in [4.69, 9.17) is 11.6 Å². The van der Waals surface area contributed by atoms with Crippen LogP contribution in [0.4, 0.5) is 27.6 Å². The fourth-order valence-electron chi connectivity index (χ4n) is 2.76. The van der Waals surface area contributed by atoms with Gasteiger partial charge >= 0.3 is 6.18 Å².